The van der Waals surface area contributed by atoms with E-state index in [1.54, 1.807) is 11.3 Å². The molecule has 0 radical (unpaired) electrons. The average Bonchev–Trinajstić information content (AvgIpc) is 3.06. The topological polar surface area (TPSA) is 38.0 Å². The minimum absolute atomic E-state index is 0.383. The van der Waals surface area contributed by atoms with Crippen LogP contribution in [0.1, 0.15) is 17.4 Å². The van der Waals surface area contributed by atoms with E-state index in [2.05, 4.69) is 15.6 Å². The molecule has 0 aliphatic heterocycles. The predicted molar refractivity (Wildman–Crippen MR) is 73.6 cm³/mol. The Hall–Kier alpha value is -1.65. The van der Waals surface area contributed by atoms with Crippen molar-refractivity contribution < 1.29 is 5.11 Å². The molecule has 18 heavy (non-hydrogen) atoms. The molecule has 92 valence electrons. The number of fused-ring (bicyclic) bond motifs is 1. The molecule has 2 aromatic heterocycles. The number of aromatic nitrogens is 2. The summed E-state index contributed by atoms with van der Waals surface area (Å²) in [6.07, 6.45) is 2.17. The third kappa shape index (κ3) is 2.17. The molecule has 1 unspecified atom stereocenters. The van der Waals surface area contributed by atoms with Gasteiger partial charge in [-0.15, -0.1) is 11.3 Å². The van der Waals surface area contributed by atoms with Gasteiger partial charge in [0.2, 0.25) is 0 Å². The lowest BCUT2D eigenvalue weighted by molar-refractivity contribution is 0.165. The van der Waals surface area contributed by atoms with Crippen LogP contribution in [0.2, 0.25) is 0 Å². The molecule has 0 aliphatic rings. The van der Waals surface area contributed by atoms with Gasteiger partial charge in [0, 0.05) is 11.4 Å². The second-order valence-corrected chi connectivity index (χ2v) is 5.23. The average molecular weight is 258 g/mol. The quantitative estimate of drug-likeness (QED) is 0.780. The number of aliphatic hydroxyl groups excluding tert-OH is 1. The fourth-order valence-corrected chi connectivity index (χ4v) is 2.82. The molecular weight excluding hydrogens is 244 g/mol. The number of aliphatic hydroxyl groups is 1. The smallest absolute Gasteiger partial charge is 0.0958 e. The van der Waals surface area contributed by atoms with Crippen LogP contribution < -0.4 is 0 Å². The summed E-state index contributed by atoms with van der Waals surface area (Å²) in [4.78, 5) is 5.37. The summed E-state index contributed by atoms with van der Waals surface area (Å²) in [6.45, 7) is 0.777. The zero-order chi connectivity index (χ0) is 12.4. The van der Waals surface area contributed by atoms with Gasteiger partial charge >= 0.3 is 0 Å². The Kier molecular flexibility index (Phi) is 3.13. The lowest BCUT2D eigenvalue weighted by atomic mass is 10.2. The van der Waals surface area contributed by atoms with E-state index in [1.165, 1.54) is 0 Å². The largest absolute Gasteiger partial charge is 0.388 e. The van der Waals surface area contributed by atoms with Gasteiger partial charge in [-0.1, -0.05) is 18.2 Å². The van der Waals surface area contributed by atoms with Crippen molar-refractivity contribution in [3.63, 3.8) is 0 Å². The molecule has 0 spiro atoms. The van der Waals surface area contributed by atoms with Crippen LogP contribution in [-0.4, -0.2) is 14.7 Å². The van der Waals surface area contributed by atoms with Crippen molar-refractivity contribution in [2.24, 2.45) is 0 Å². The maximum Gasteiger partial charge on any atom is 0.0958 e. The van der Waals surface area contributed by atoms with Crippen LogP contribution >= 0.6 is 11.3 Å². The van der Waals surface area contributed by atoms with Crippen molar-refractivity contribution in [3.05, 3.63) is 53.0 Å². The predicted octanol–water partition coefficient (Wildman–Crippen LogP) is 3.22. The van der Waals surface area contributed by atoms with Crippen LogP contribution in [0.3, 0.4) is 0 Å². The van der Waals surface area contributed by atoms with Crippen LogP contribution in [0.5, 0.6) is 0 Å². The number of benzene rings is 1. The van der Waals surface area contributed by atoms with Gasteiger partial charge < -0.3 is 9.67 Å². The fraction of sp³-hybridized carbons (Fsp3) is 0.214. The van der Waals surface area contributed by atoms with Gasteiger partial charge in [-0.05, 0) is 30.0 Å². The number of thiophene rings is 1. The van der Waals surface area contributed by atoms with Gasteiger partial charge in [0.15, 0.2) is 0 Å². The number of nitrogens with zero attached hydrogens (tertiary/aromatic N) is 2. The van der Waals surface area contributed by atoms with Crippen molar-refractivity contribution in [3.8, 4) is 0 Å². The first kappa shape index (κ1) is 11.4. The standard InChI is InChI=1S/C14H14N2OS/c17-13(14-6-3-9-18-14)7-8-16-10-15-11-4-1-2-5-12(11)16/h1-6,9-10,13,17H,7-8H2. The molecule has 2 heterocycles. The fourth-order valence-electron chi connectivity index (χ4n) is 2.07. The van der Waals surface area contributed by atoms with Crippen molar-refractivity contribution in [1.82, 2.24) is 9.55 Å². The van der Waals surface area contributed by atoms with Crippen LogP contribution in [0, 0.1) is 0 Å². The Bertz CT molecular complexity index is 630. The molecule has 3 aromatic rings. The monoisotopic (exact) mass is 258 g/mol. The molecule has 4 heteroatoms. The number of hydrogen-bond donors (Lipinski definition) is 1. The molecule has 0 saturated carbocycles. The minimum Gasteiger partial charge on any atom is -0.388 e. The highest BCUT2D eigenvalue weighted by Gasteiger charge is 2.09. The number of aryl methyl sites for hydroxylation is 1. The van der Waals surface area contributed by atoms with Gasteiger partial charge in [-0.25, -0.2) is 4.98 Å². The minimum atomic E-state index is -0.383. The first-order valence-corrected chi connectivity index (χ1v) is 6.84. The van der Waals surface area contributed by atoms with E-state index in [0.717, 1.165) is 22.5 Å². The molecule has 1 aromatic carbocycles. The Morgan fingerprint density at radius 2 is 2.11 bits per heavy atom. The third-order valence-corrected chi connectivity index (χ3v) is 4.02. The summed E-state index contributed by atoms with van der Waals surface area (Å²) in [6, 6.07) is 12.0. The summed E-state index contributed by atoms with van der Waals surface area (Å²) in [5, 5.41) is 12.0. The second kappa shape index (κ2) is 4.92. The maximum atomic E-state index is 10.1. The lowest BCUT2D eigenvalue weighted by Crippen LogP contribution is -2.02. The molecule has 0 saturated heterocycles. The SMILES string of the molecule is OC(CCn1cnc2ccccc21)c1cccs1. The summed E-state index contributed by atoms with van der Waals surface area (Å²) in [5.74, 6) is 0. The van der Waals surface area contributed by atoms with Gasteiger partial charge in [0.25, 0.3) is 0 Å². The number of hydrogen-bond acceptors (Lipinski definition) is 3. The van der Waals surface area contributed by atoms with E-state index in [4.69, 9.17) is 0 Å². The molecule has 0 bridgehead atoms. The molecule has 1 N–H and O–H groups in total. The normalized spacial score (nSPS) is 12.9. The van der Waals surface area contributed by atoms with Crippen molar-refractivity contribution in [2.75, 3.05) is 0 Å². The van der Waals surface area contributed by atoms with Crippen molar-refractivity contribution in [2.45, 2.75) is 19.1 Å². The zero-order valence-corrected chi connectivity index (χ0v) is 10.7. The van der Waals surface area contributed by atoms with E-state index in [1.807, 2.05) is 42.0 Å². The van der Waals surface area contributed by atoms with Gasteiger partial charge in [-0.2, -0.15) is 0 Å². The summed E-state index contributed by atoms with van der Waals surface area (Å²) >= 11 is 1.60. The molecule has 0 aliphatic carbocycles. The van der Waals surface area contributed by atoms with E-state index in [9.17, 15) is 5.11 Å². The van der Waals surface area contributed by atoms with Crippen molar-refractivity contribution in [1.29, 1.82) is 0 Å². The summed E-state index contributed by atoms with van der Waals surface area (Å²) in [7, 11) is 0. The van der Waals surface area contributed by atoms with E-state index >= 15 is 0 Å². The van der Waals surface area contributed by atoms with E-state index in [0.29, 0.717) is 6.42 Å². The second-order valence-electron chi connectivity index (χ2n) is 4.25. The van der Waals surface area contributed by atoms with Gasteiger partial charge in [-0.3, -0.25) is 0 Å². The first-order valence-electron chi connectivity index (χ1n) is 5.96. The molecule has 1 atom stereocenters. The Balaban J connectivity index is 1.73. The summed E-state index contributed by atoms with van der Waals surface area (Å²) < 4.78 is 2.09. The first-order chi connectivity index (χ1) is 8.84. The Labute approximate surface area is 109 Å². The highest BCUT2D eigenvalue weighted by atomic mass is 32.1. The Morgan fingerprint density at radius 3 is 2.94 bits per heavy atom. The highest BCUT2D eigenvalue weighted by molar-refractivity contribution is 7.10. The highest BCUT2D eigenvalue weighted by Crippen LogP contribution is 2.23. The van der Waals surface area contributed by atoms with Crippen LogP contribution in [0.15, 0.2) is 48.1 Å². The van der Waals surface area contributed by atoms with Crippen LogP contribution in [-0.2, 0) is 6.54 Å². The molecule has 0 fully saturated rings. The van der Waals surface area contributed by atoms with Gasteiger partial charge in [0.1, 0.15) is 0 Å². The zero-order valence-electron chi connectivity index (χ0n) is 9.86. The molecular formula is C14H14N2OS. The molecule has 3 nitrogen and oxygen atoms in total. The number of imidazole rings is 1. The van der Waals surface area contributed by atoms with Crippen LogP contribution in [0.4, 0.5) is 0 Å². The van der Waals surface area contributed by atoms with Crippen LogP contribution in [0.25, 0.3) is 11.0 Å². The van der Waals surface area contributed by atoms with E-state index < -0.39 is 0 Å². The molecule has 3 rings (SSSR count). The van der Waals surface area contributed by atoms with Gasteiger partial charge in [0.05, 0.1) is 23.5 Å². The van der Waals surface area contributed by atoms with Crippen molar-refractivity contribution >= 4 is 22.4 Å². The molecule has 0 amide bonds. The number of para-hydroxylation sites is 2. The maximum absolute atomic E-state index is 10.1. The lowest BCUT2D eigenvalue weighted by Gasteiger charge is -2.09. The Morgan fingerprint density at radius 1 is 1.22 bits per heavy atom. The summed E-state index contributed by atoms with van der Waals surface area (Å²) in [5.41, 5.74) is 2.12. The van der Waals surface area contributed by atoms with E-state index in [-0.39, 0.29) is 6.10 Å². The third-order valence-electron chi connectivity index (χ3n) is 3.04. The number of rotatable bonds is 4.